The third-order valence-electron chi connectivity index (χ3n) is 7.32. The van der Waals surface area contributed by atoms with Crippen molar-refractivity contribution >= 4 is 11.0 Å². The van der Waals surface area contributed by atoms with Gasteiger partial charge in [-0.3, -0.25) is 4.90 Å². The highest BCUT2D eigenvalue weighted by atomic mass is 19.4. The summed E-state index contributed by atoms with van der Waals surface area (Å²) in [5, 5.41) is 1.86. The van der Waals surface area contributed by atoms with Crippen molar-refractivity contribution in [2.75, 3.05) is 26.3 Å². The fraction of sp³-hybridized carbons (Fsp3) is 0.591. The molecule has 1 aliphatic carbocycles. The lowest BCUT2D eigenvalue weighted by Gasteiger charge is -2.49. The van der Waals surface area contributed by atoms with Crippen molar-refractivity contribution in [1.82, 2.24) is 25.3 Å². The Morgan fingerprint density at radius 1 is 1.15 bits per heavy atom. The number of aromatic nitrogens is 2. The number of hydrazine groups is 1. The van der Waals surface area contributed by atoms with Crippen molar-refractivity contribution in [2.45, 2.75) is 49.5 Å². The zero-order valence-electron chi connectivity index (χ0n) is 17.7. The standard InChI is InChI=1S/C22H24F5N5O/c23-21(24)2-1-14(5-21)32-19(13-8-31(9-13)15-10-33-11-15)4-18(30-32)12-3-16-17(22(25,26)27)7-29-20(16)28-6-12/h3-4,6-7,13-15,18,30H,1-2,5,8-11H2,(H,28,29). The molecule has 0 aromatic carbocycles. The van der Waals surface area contributed by atoms with Gasteiger partial charge in [0.1, 0.15) is 5.65 Å². The summed E-state index contributed by atoms with van der Waals surface area (Å²) in [6, 6.07) is 1.12. The molecule has 2 N–H and O–H groups in total. The molecular formula is C22H24F5N5O. The van der Waals surface area contributed by atoms with E-state index in [2.05, 4.69) is 20.3 Å². The van der Waals surface area contributed by atoms with Crippen LogP contribution in [0.25, 0.3) is 11.0 Å². The predicted octanol–water partition coefficient (Wildman–Crippen LogP) is 3.85. The molecule has 11 heteroatoms. The number of likely N-dealkylation sites (tertiary alicyclic amines) is 1. The minimum atomic E-state index is -4.50. The van der Waals surface area contributed by atoms with Crippen molar-refractivity contribution in [1.29, 1.82) is 0 Å². The number of aromatic amines is 1. The van der Waals surface area contributed by atoms with Gasteiger partial charge in [-0.2, -0.15) is 13.2 Å². The second kappa shape index (κ2) is 7.38. The molecule has 2 aromatic heterocycles. The number of nitrogens with one attached hydrogen (secondary N) is 2. The Bertz CT molecular complexity index is 1090. The summed E-state index contributed by atoms with van der Waals surface area (Å²) >= 11 is 0. The van der Waals surface area contributed by atoms with E-state index in [-0.39, 0.29) is 35.8 Å². The normalized spacial score (nSPS) is 28.9. The molecule has 6 nitrogen and oxygen atoms in total. The Kier molecular flexibility index (Phi) is 4.76. The fourth-order valence-corrected chi connectivity index (χ4v) is 5.34. The Labute approximate surface area is 186 Å². The van der Waals surface area contributed by atoms with E-state index >= 15 is 0 Å². The maximum atomic E-state index is 14.0. The van der Waals surface area contributed by atoms with Crippen LogP contribution in [0.15, 0.2) is 30.2 Å². The summed E-state index contributed by atoms with van der Waals surface area (Å²) in [7, 11) is 0. The van der Waals surface area contributed by atoms with Crippen molar-refractivity contribution in [3.05, 3.63) is 41.4 Å². The summed E-state index contributed by atoms with van der Waals surface area (Å²) < 4.78 is 73.4. The van der Waals surface area contributed by atoms with E-state index in [1.165, 1.54) is 12.3 Å². The number of rotatable bonds is 4. The van der Waals surface area contributed by atoms with E-state index in [0.717, 1.165) is 38.2 Å². The largest absolute Gasteiger partial charge is 0.418 e. The molecular weight excluding hydrogens is 445 g/mol. The predicted molar refractivity (Wildman–Crippen MR) is 109 cm³/mol. The topological polar surface area (TPSA) is 56.4 Å². The maximum absolute atomic E-state index is 14.0. The van der Waals surface area contributed by atoms with Crippen LogP contribution in [0.5, 0.6) is 0 Å². The molecule has 0 radical (unpaired) electrons. The first-order chi connectivity index (χ1) is 15.7. The molecule has 1 saturated carbocycles. The Hall–Kier alpha value is -2.24. The lowest BCUT2D eigenvalue weighted by molar-refractivity contribution is -0.136. The fourth-order valence-electron chi connectivity index (χ4n) is 5.34. The van der Waals surface area contributed by atoms with Crippen LogP contribution in [0.2, 0.25) is 0 Å². The summed E-state index contributed by atoms with van der Waals surface area (Å²) in [6.45, 7) is 3.08. The van der Waals surface area contributed by atoms with Crippen LogP contribution < -0.4 is 5.43 Å². The van der Waals surface area contributed by atoms with Crippen LogP contribution in [-0.4, -0.2) is 64.2 Å². The maximum Gasteiger partial charge on any atom is 0.418 e. The van der Waals surface area contributed by atoms with Gasteiger partial charge in [0.2, 0.25) is 5.92 Å². The summed E-state index contributed by atoms with van der Waals surface area (Å²) in [6.07, 6.45) is -0.0886. The van der Waals surface area contributed by atoms with Crippen molar-refractivity contribution in [3.8, 4) is 0 Å². The molecule has 2 unspecified atom stereocenters. The zero-order valence-corrected chi connectivity index (χ0v) is 17.7. The first-order valence-corrected chi connectivity index (χ1v) is 11.2. The van der Waals surface area contributed by atoms with Gasteiger partial charge in [0.05, 0.1) is 36.9 Å². The minimum Gasteiger partial charge on any atom is -0.378 e. The molecule has 3 aliphatic heterocycles. The summed E-state index contributed by atoms with van der Waals surface area (Å²) in [5.74, 6) is -2.51. The van der Waals surface area contributed by atoms with Crippen molar-refractivity contribution < 1.29 is 26.7 Å². The lowest BCUT2D eigenvalue weighted by atomic mass is 9.91. The molecule has 0 spiro atoms. The van der Waals surface area contributed by atoms with E-state index in [1.54, 1.807) is 0 Å². The van der Waals surface area contributed by atoms with E-state index in [1.807, 2.05) is 11.1 Å². The lowest BCUT2D eigenvalue weighted by Crippen LogP contribution is -2.60. The highest BCUT2D eigenvalue weighted by Gasteiger charge is 2.47. The number of halogens is 5. The highest BCUT2D eigenvalue weighted by molar-refractivity contribution is 5.81. The Balaban J connectivity index is 1.29. The molecule has 0 amide bonds. The van der Waals surface area contributed by atoms with E-state index in [9.17, 15) is 22.0 Å². The summed E-state index contributed by atoms with van der Waals surface area (Å²) in [5.41, 5.74) is 4.22. The molecule has 4 aliphatic rings. The van der Waals surface area contributed by atoms with Crippen LogP contribution in [0.4, 0.5) is 22.0 Å². The monoisotopic (exact) mass is 469 g/mol. The van der Waals surface area contributed by atoms with Crippen molar-refractivity contribution in [3.63, 3.8) is 0 Å². The number of fused-ring (bicyclic) bond motifs is 1. The highest BCUT2D eigenvalue weighted by Crippen LogP contribution is 2.43. The van der Waals surface area contributed by atoms with Gasteiger partial charge in [-0.25, -0.2) is 19.2 Å². The van der Waals surface area contributed by atoms with Gasteiger partial charge in [0.25, 0.3) is 0 Å². The summed E-state index contributed by atoms with van der Waals surface area (Å²) in [4.78, 5) is 9.07. The van der Waals surface area contributed by atoms with E-state index < -0.39 is 23.7 Å². The zero-order chi connectivity index (χ0) is 23.0. The molecule has 0 bridgehead atoms. The minimum absolute atomic E-state index is 0.00222. The van der Waals surface area contributed by atoms with E-state index in [4.69, 9.17) is 4.74 Å². The third kappa shape index (κ3) is 3.70. The first-order valence-electron chi connectivity index (χ1n) is 11.2. The molecule has 2 atom stereocenters. The number of ether oxygens (including phenoxy) is 1. The second-order valence-electron chi connectivity index (χ2n) is 9.53. The number of hydrogen-bond donors (Lipinski definition) is 2. The molecule has 2 saturated heterocycles. The SMILES string of the molecule is FC1(F)CCC(N2NC(c3cnc4[nH]cc(C(F)(F)F)c4c3)C=C2C2CN(C3COC3)C2)C1. The number of H-pyrrole nitrogens is 1. The van der Waals surface area contributed by atoms with Gasteiger partial charge in [-0.1, -0.05) is 0 Å². The Morgan fingerprint density at radius 2 is 1.94 bits per heavy atom. The molecule has 2 aromatic rings. The number of alkyl halides is 5. The number of hydrogen-bond acceptors (Lipinski definition) is 5. The van der Waals surface area contributed by atoms with Gasteiger partial charge < -0.3 is 14.7 Å². The van der Waals surface area contributed by atoms with Gasteiger partial charge in [0.15, 0.2) is 0 Å². The Morgan fingerprint density at radius 3 is 2.58 bits per heavy atom. The van der Waals surface area contributed by atoms with Gasteiger partial charge >= 0.3 is 6.18 Å². The average Bonchev–Trinajstić information content (AvgIpc) is 3.37. The van der Waals surface area contributed by atoms with E-state index in [0.29, 0.717) is 18.0 Å². The van der Waals surface area contributed by atoms with Crippen LogP contribution in [0.3, 0.4) is 0 Å². The molecule has 5 heterocycles. The van der Waals surface area contributed by atoms with Crippen molar-refractivity contribution in [2.24, 2.45) is 5.92 Å². The van der Waals surface area contributed by atoms with Gasteiger partial charge in [-0.05, 0) is 24.1 Å². The smallest absolute Gasteiger partial charge is 0.378 e. The second-order valence-corrected chi connectivity index (χ2v) is 9.53. The molecule has 6 rings (SSSR count). The van der Waals surface area contributed by atoms with Gasteiger partial charge in [0, 0.05) is 55.3 Å². The van der Waals surface area contributed by atoms with Crippen LogP contribution in [0.1, 0.15) is 36.4 Å². The van der Waals surface area contributed by atoms with Crippen LogP contribution in [0, 0.1) is 5.92 Å². The first kappa shape index (κ1) is 21.3. The van der Waals surface area contributed by atoms with Crippen LogP contribution >= 0.6 is 0 Å². The molecule has 33 heavy (non-hydrogen) atoms. The number of pyridine rings is 1. The van der Waals surface area contributed by atoms with Crippen LogP contribution in [-0.2, 0) is 10.9 Å². The molecule has 178 valence electrons. The van der Waals surface area contributed by atoms with Gasteiger partial charge in [-0.15, -0.1) is 0 Å². The molecule has 3 fully saturated rings. The average molecular weight is 469 g/mol. The quantitative estimate of drug-likeness (QED) is 0.667. The third-order valence-corrected chi connectivity index (χ3v) is 7.32. The number of nitrogens with zero attached hydrogens (tertiary/aromatic N) is 3.